The number of amides is 2. The molecule has 0 spiro atoms. The molecule has 42 heavy (non-hydrogen) atoms. The van der Waals surface area contributed by atoms with E-state index in [1.54, 1.807) is 36.5 Å². The zero-order valence-electron chi connectivity index (χ0n) is 24.0. The van der Waals surface area contributed by atoms with Crippen LogP contribution in [-0.2, 0) is 20.8 Å². The highest BCUT2D eigenvalue weighted by Gasteiger charge is 2.29. The lowest BCUT2D eigenvalue weighted by atomic mass is 10.2. The third-order valence-electron chi connectivity index (χ3n) is 6.41. The Morgan fingerprint density at radius 2 is 1.90 bits per heavy atom. The van der Waals surface area contributed by atoms with Crippen LogP contribution in [-0.4, -0.2) is 52.7 Å². The van der Waals surface area contributed by atoms with Gasteiger partial charge < -0.3 is 24.4 Å². The molecule has 0 aliphatic heterocycles. The molecule has 9 nitrogen and oxygen atoms in total. The van der Waals surface area contributed by atoms with Crippen LogP contribution in [0.4, 0.5) is 14.9 Å². The molecular weight excluding hydrogens is 559 g/mol. The van der Waals surface area contributed by atoms with E-state index in [2.05, 4.69) is 15.3 Å². The van der Waals surface area contributed by atoms with Gasteiger partial charge in [-0.05, 0) is 63.4 Å². The SMILES string of the molecule is COCCN(Cc1ccc(-c2cc3nccc(Oc4ccc(NC(=O)C5CC5)cc4F)c3s2)nc1)C(=O)OC(C)(C)C. The van der Waals surface area contributed by atoms with Crippen LogP contribution in [0, 0.1) is 11.7 Å². The number of nitrogens with one attached hydrogen (secondary N) is 1. The molecule has 11 heteroatoms. The third-order valence-corrected chi connectivity index (χ3v) is 7.57. The van der Waals surface area contributed by atoms with Crippen LogP contribution in [0.2, 0.25) is 0 Å². The zero-order valence-corrected chi connectivity index (χ0v) is 24.8. The van der Waals surface area contributed by atoms with E-state index in [4.69, 9.17) is 14.2 Å². The van der Waals surface area contributed by atoms with Crippen LogP contribution >= 0.6 is 11.3 Å². The number of ether oxygens (including phenoxy) is 3. The highest BCUT2D eigenvalue weighted by atomic mass is 32.1. The fourth-order valence-corrected chi connectivity index (χ4v) is 5.18. The van der Waals surface area contributed by atoms with Crippen molar-refractivity contribution in [3.63, 3.8) is 0 Å². The smallest absolute Gasteiger partial charge is 0.410 e. The molecule has 220 valence electrons. The van der Waals surface area contributed by atoms with Gasteiger partial charge in [-0.3, -0.25) is 14.8 Å². The molecule has 1 aliphatic carbocycles. The van der Waals surface area contributed by atoms with Crippen LogP contribution in [0.15, 0.2) is 54.9 Å². The van der Waals surface area contributed by atoms with Crippen molar-refractivity contribution in [2.45, 2.75) is 45.8 Å². The lowest BCUT2D eigenvalue weighted by molar-refractivity contribution is -0.117. The summed E-state index contributed by atoms with van der Waals surface area (Å²) in [4.78, 5) is 36.2. The first-order valence-corrected chi connectivity index (χ1v) is 14.5. The number of rotatable bonds is 10. The van der Waals surface area contributed by atoms with E-state index in [0.717, 1.165) is 33.7 Å². The first kappa shape index (κ1) is 29.4. The van der Waals surface area contributed by atoms with Crippen molar-refractivity contribution in [2.75, 3.05) is 25.6 Å². The second kappa shape index (κ2) is 12.4. The summed E-state index contributed by atoms with van der Waals surface area (Å²) in [5, 5.41) is 2.74. The van der Waals surface area contributed by atoms with Crippen molar-refractivity contribution in [3.8, 4) is 22.1 Å². The molecule has 1 fully saturated rings. The van der Waals surface area contributed by atoms with Crippen molar-refractivity contribution < 1.29 is 28.2 Å². The zero-order chi connectivity index (χ0) is 29.9. The Morgan fingerprint density at radius 1 is 1.10 bits per heavy atom. The Hall–Kier alpha value is -4.09. The minimum atomic E-state index is -0.606. The molecule has 3 aromatic heterocycles. The summed E-state index contributed by atoms with van der Waals surface area (Å²) in [5.74, 6) is -0.118. The van der Waals surface area contributed by atoms with Gasteiger partial charge in [-0.25, -0.2) is 9.18 Å². The summed E-state index contributed by atoms with van der Waals surface area (Å²) in [6.45, 7) is 6.58. The van der Waals surface area contributed by atoms with Crippen molar-refractivity contribution in [1.29, 1.82) is 0 Å². The van der Waals surface area contributed by atoms with Crippen LogP contribution in [0.25, 0.3) is 20.8 Å². The summed E-state index contributed by atoms with van der Waals surface area (Å²) in [6.07, 6.45) is 4.67. The number of hydrogen-bond acceptors (Lipinski definition) is 8. The molecule has 1 saturated carbocycles. The van der Waals surface area contributed by atoms with Gasteiger partial charge in [0.1, 0.15) is 11.4 Å². The van der Waals surface area contributed by atoms with Crippen LogP contribution in [0.1, 0.15) is 39.2 Å². The van der Waals surface area contributed by atoms with Gasteiger partial charge in [0.2, 0.25) is 5.91 Å². The molecule has 4 aromatic rings. The molecule has 0 radical (unpaired) electrons. The molecule has 0 bridgehead atoms. The number of thiophene rings is 1. The lowest BCUT2D eigenvalue weighted by Gasteiger charge is -2.27. The van der Waals surface area contributed by atoms with Gasteiger partial charge in [-0.1, -0.05) is 6.07 Å². The van der Waals surface area contributed by atoms with E-state index >= 15 is 0 Å². The van der Waals surface area contributed by atoms with Gasteiger partial charge >= 0.3 is 6.09 Å². The van der Waals surface area contributed by atoms with E-state index in [1.807, 2.05) is 39.0 Å². The van der Waals surface area contributed by atoms with E-state index in [0.29, 0.717) is 36.6 Å². The second-order valence-electron chi connectivity index (χ2n) is 11.1. The number of aromatic nitrogens is 2. The minimum absolute atomic E-state index is 0.0284. The van der Waals surface area contributed by atoms with E-state index < -0.39 is 17.5 Å². The van der Waals surface area contributed by atoms with Gasteiger partial charge in [0.15, 0.2) is 11.6 Å². The van der Waals surface area contributed by atoms with Crippen LogP contribution < -0.4 is 10.1 Å². The standard InChI is InChI=1S/C31H33FN4O5S/c1-31(2,3)41-30(38)36(13-14-39-4)18-19-5-9-23(34-17-19)27-16-24-28(42-27)26(11-12-33-24)40-25-10-8-21(15-22(25)32)35-29(37)20-6-7-20/h5,8-12,15-17,20H,6-7,13-14,18H2,1-4H3,(H,35,37). The van der Waals surface area contributed by atoms with Gasteiger partial charge in [-0.15, -0.1) is 11.3 Å². The highest BCUT2D eigenvalue weighted by molar-refractivity contribution is 7.22. The maximum absolute atomic E-state index is 14.9. The number of fused-ring (bicyclic) bond motifs is 1. The van der Waals surface area contributed by atoms with E-state index in [-0.39, 0.29) is 17.6 Å². The van der Waals surface area contributed by atoms with Gasteiger partial charge in [-0.2, -0.15) is 0 Å². The quantitative estimate of drug-likeness (QED) is 0.211. The Bertz CT molecular complexity index is 1580. The predicted molar refractivity (Wildman–Crippen MR) is 159 cm³/mol. The fraction of sp³-hybridized carbons (Fsp3) is 0.355. The first-order valence-electron chi connectivity index (χ1n) is 13.7. The van der Waals surface area contributed by atoms with Crippen LogP contribution in [0.3, 0.4) is 0 Å². The maximum atomic E-state index is 14.9. The molecular formula is C31H33FN4O5S. The van der Waals surface area contributed by atoms with Gasteiger partial charge in [0.25, 0.3) is 0 Å². The number of carbonyl (C=O) groups excluding carboxylic acids is 2. The van der Waals surface area contributed by atoms with Gasteiger partial charge in [0.05, 0.1) is 33.9 Å². The van der Waals surface area contributed by atoms with Crippen molar-refractivity contribution >= 4 is 39.2 Å². The number of anilines is 1. The fourth-order valence-electron chi connectivity index (χ4n) is 4.14. The van der Waals surface area contributed by atoms with Crippen molar-refractivity contribution in [2.24, 2.45) is 5.92 Å². The molecule has 0 unspecified atom stereocenters. The molecule has 1 N–H and O–H groups in total. The second-order valence-corrected chi connectivity index (χ2v) is 12.1. The first-order chi connectivity index (χ1) is 20.1. The number of methoxy groups -OCH3 is 1. The normalized spacial score (nSPS) is 13.2. The Labute approximate surface area is 247 Å². The summed E-state index contributed by atoms with van der Waals surface area (Å²) in [7, 11) is 1.59. The average molecular weight is 593 g/mol. The number of hydrogen-bond donors (Lipinski definition) is 1. The highest BCUT2D eigenvalue weighted by Crippen LogP contribution is 2.39. The molecule has 0 saturated heterocycles. The summed E-state index contributed by atoms with van der Waals surface area (Å²) in [6, 6.07) is 11.8. The molecule has 5 rings (SSSR count). The number of halogens is 1. The molecule has 1 aliphatic rings. The van der Waals surface area contributed by atoms with Crippen molar-refractivity contribution in [1.82, 2.24) is 14.9 Å². The number of benzene rings is 1. The molecule has 0 atom stereocenters. The lowest BCUT2D eigenvalue weighted by Crippen LogP contribution is -2.38. The predicted octanol–water partition coefficient (Wildman–Crippen LogP) is 7.02. The van der Waals surface area contributed by atoms with Gasteiger partial charge in [0, 0.05) is 49.8 Å². The molecule has 2 amide bonds. The summed E-state index contributed by atoms with van der Waals surface area (Å²) >= 11 is 1.44. The number of nitrogens with zero attached hydrogens (tertiary/aromatic N) is 3. The Balaban J connectivity index is 1.30. The largest absolute Gasteiger partial charge is 0.453 e. The van der Waals surface area contributed by atoms with E-state index in [9.17, 15) is 14.0 Å². The monoisotopic (exact) mass is 592 g/mol. The minimum Gasteiger partial charge on any atom is -0.453 e. The Kier molecular flexibility index (Phi) is 8.69. The number of pyridine rings is 2. The number of carbonyl (C=O) groups is 2. The summed E-state index contributed by atoms with van der Waals surface area (Å²) in [5.41, 5.74) is 2.07. The summed E-state index contributed by atoms with van der Waals surface area (Å²) < 4.78 is 32.3. The topological polar surface area (TPSA) is 103 Å². The van der Waals surface area contributed by atoms with Crippen LogP contribution in [0.5, 0.6) is 11.5 Å². The molecule has 3 heterocycles. The maximum Gasteiger partial charge on any atom is 0.410 e. The van der Waals surface area contributed by atoms with E-state index in [1.165, 1.54) is 23.5 Å². The molecule has 1 aromatic carbocycles. The van der Waals surface area contributed by atoms with Crippen molar-refractivity contribution in [3.05, 3.63) is 66.2 Å². The average Bonchev–Trinajstić information content (AvgIpc) is 3.70. The Morgan fingerprint density at radius 3 is 2.57 bits per heavy atom. The third kappa shape index (κ3) is 7.40.